The zero-order valence-corrected chi connectivity index (χ0v) is 11.7. The molecule has 2 rings (SSSR count). The Bertz CT molecular complexity index is 530. The van der Waals surface area contributed by atoms with E-state index >= 15 is 0 Å². The third-order valence-corrected chi connectivity index (χ3v) is 3.97. The van der Waals surface area contributed by atoms with Crippen molar-refractivity contribution in [2.24, 2.45) is 5.92 Å². The van der Waals surface area contributed by atoms with E-state index in [1.54, 1.807) is 0 Å². The summed E-state index contributed by atoms with van der Waals surface area (Å²) in [5, 5.41) is 12.1. The molecule has 1 amide bonds. The summed E-state index contributed by atoms with van der Waals surface area (Å²) < 4.78 is 39.4. The fourth-order valence-corrected chi connectivity index (χ4v) is 2.64. The van der Waals surface area contributed by atoms with Crippen LogP contribution in [-0.4, -0.2) is 23.2 Å². The van der Waals surface area contributed by atoms with Gasteiger partial charge < -0.3 is 10.4 Å². The van der Waals surface area contributed by atoms with Gasteiger partial charge in [-0.1, -0.05) is 13.0 Å². The fourth-order valence-electron chi connectivity index (χ4n) is 2.64. The van der Waals surface area contributed by atoms with Crippen LogP contribution in [0.3, 0.4) is 0 Å². The first-order valence-electron chi connectivity index (χ1n) is 7.02. The van der Waals surface area contributed by atoms with Crippen molar-refractivity contribution in [1.29, 1.82) is 0 Å². The van der Waals surface area contributed by atoms with Gasteiger partial charge in [-0.3, -0.25) is 4.79 Å². The van der Waals surface area contributed by atoms with Gasteiger partial charge in [-0.2, -0.15) is 0 Å². The quantitative estimate of drug-likeness (QED) is 0.820. The number of carbonyl (C=O) groups excluding carboxylic acids is 1. The predicted octanol–water partition coefficient (Wildman–Crippen LogP) is 2.31. The first-order valence-corrected chi connectivity index (χ1v) is 7.02. The normalized spacial score (nSPS) is 22.5. The number of carbonyl (C=O) groups is 1. The smallest absolute Gasteiger partial charge is 0.224 e. The van der Waals surface area contributed by atoms with E-state index < -0.39 is 23.4 Å². The summed E-state index contributed by atoms with van der Waals surface area (Å²) in [5.74, 6) is -4.38. The number of halogens is 3. The number of aliphatic hydroxyl groups is 1. The van der Waals surface area contributed by atoms with Gasteiger partial charge in [0.05, 0.1) is 12.5 Å². The van der Waals surface area contributed by atoms with E-state index in [4.69, 9.17) is 0 Å². The lowest BCUT2D eigenvalue weighted by Gasteiger charge is -2.37. The first kappa shape index (κ1) is 15.8. The zero-order valence-electron chi connectivity index (χ0n) is 11.7. The van der Waals surface area contributed by atoms with Crippen LogP contribution >= 0.6 is 0 Å². The molecule has 3 nitrogen and oxygen atoms in total. The molecule has 0 radical (unpaired) electrons. The average Bonchev–Trinajstić information content (AvgIpc) is 2.42. The van der Waals surface area contributed by atoms with Crippen molar-refractivity contribution in [1.82, 2.24) is 5.32 Å². The molecular weight excluding hydrogens is 283 g/mol. The Morgan fingerprint density at radius 2 is 2.00 bits per heavy atom. The molecule has 21 heavy (non-hydrogen) atoms. The molecule has 6 heteroatoms. The summed E-state index contributed by atoms with van der Waals surface area (Å²) >= 11 is 0. The zero-order chi connectivity index (χ0) is 15.6. The Morgan fingerprint density at radius 1 is 1.33 bits per heavy atom. The molecule has 1 atom stereocenters. The van der Waals surface area contributed by atoms with Gasteiger partial charge in [-0.25, -0.2) is 13.2 Å². The predicted molar refractivity (Wildman–Crippen MR) is 71.0 cm³/mol. The van der Waals surface area contributed by atoms with Crippen molar-refractivity contribution in [2.45, 2.75) is 44.8 Å². The highest BCUT2D eigenvalue weighted by Gasteiger charge is 2.33. The van der Waals surface area contributed by atoms with Crippen LogP contribution < -0.4 is 5.32 Å². The number of nitrogens with one attached hydrogen (secondary N) is 1. The third-order valence-electron chi connectivity index (χ3n) is 3.97. The van der Waals surface area contributed by atoms with E-state index in [-0.39, 0.29) is 30.0 Å². The molecular formula is C15H18F3NO2. The number of rotatable bonds is 5. The minimum atomic E-state index is -1.56. The molecule has 116 valence electrons. The van der Waals surface area contributed by atoms with Crippen molar-refractivity contribution in [2.75, 3.05) is 0 Å². The van der Waals surface area contributed by atoms with Crippen LogP contribution in [0.5, 0.6) is 0 Å². The summed E-state index contributed by atoms with van der Waals surface area (Å²) in [4.78, 5) is 11.9. The molecule has 1 fully saturated rings. The summed E-state index contributed by atoms with van der Waals surface area (Å²) in [5.41, 5.74) is -0.171. The molecule has 1 aromatic rings. The van der Waals surface area contributed by atoms with Gasteiger partial charge in [-0.15, -0.1) is 0 Å². The SMILES string of the molecule is CC[C@@H](NC(=O)Cc1ccc(F)c(F)c1F)C1CC(O)C1. The monoisotopic (exact) mass is 301 g/mol. The summed E-state index contributed by atoms with van der Waals surface area (Å²) in [6, 6.07) is 1.79. The molecule has 0 bridgehead atoms. The Labute approximate surface area is 121 Å². The van der Waals surface area contributed by atoms with E-state index in [2.05, 4.69) is 5.32 Å². The summed E-state index contributed by atoms with van der Waals surface area (Å²) in [7, 11) is 0. The number of hydrogen-bond donors (Lipinski definition) is 2. The van der Waals surface area contributed by atoms with Gasteiger partial charge in [0.1, 0.15) is 0 Å². The van der Waals surface area contributed by atoms with E-state index in [9.17, 15) is 23.1 Å². The van der Waals surface area contributed by atoms with Crippen LogP contribution in [0.25, 0.3) is 0 Å². The Morgan fingerprint density at radius 3 is 2.57 bits per heavy atom. The highest BCUT2D eigenvalue weighted by atomic mass is 19.2. The molecule has 0 aromatic heterocycles. The van der Waals surface area contributed by atoms with Crippen LogP contribution in [0.15, 0.2) is 12.1 Å². The lowest BCUT2D eigenvalue weighted by molar-refractivity contribution is -0.122. The van der Waals surface area contributed by atoms with E-state index in [1.807, 2.05) is 6.92 Å². The molecule has 1 aliphatic rings. The maximum atomic E-state index is 13.5. The number of benzene rings is 1. The van der Waals surface area contributed by atoms with Gasteiger partial charge >= 0.3 is 0 Å². The van der Waals surface area contributed by atoms with E-state index in [0.29, 0.717) is 19.3 Å². The number of aliphatic hydroxyl groups excluding tert-OH is 1. The van der Waals surface area contributed by atoms with Crippen LogP contribution in [0.4, 0.5) is 13.2 Å². The Hall–Kier alpha value is -1.56. The summed E-state index contributed by atoms with van der Waals surface area (Å²) in [6.07, 6.45) is 1.32. The second-order valence-electron chi connectivity index (χ2n) is 5.48. The molecule has 1 aliphatic carbocycles. The van der Waals surface area contributed by atoms with Crippen LogP contribution in [0, 0.1) is 23.4 Å². The van der Waals surface area contributed by atoms with Gasteiger partial charge in [0.15, 0.2) is 17.5 Å². The van der Waals surface area contributed by atoms with Gasteiger partial charge in [0.2, 0.25) is 5.91 Å². The molecule has 0 unspecified atom stereocenters. The van der Waals surface area contributed by atoms with E-state index in [0.717, 1.165) is 12.1 Å². The average molecular weight is 301 g/mol. The lowest BCUT2D eigenvalue weighted by Crippen LogP contribution is -2.47. The highest BCUT2D eigenvalue weighted by molar-refractivity contribution is 5.79. The van der Waals surface area contributed by atoms with Crippen LogP contribution in [0.1, 0.15) is 31.7 Å². The summed E-state index contributed by atoms with van der Waals surface area (Å²) in [6.45, 7) is 1.91. The van der Waals surface area contributed by atoms with Crippen molar-refractivity contribution >= 4 is 5.91 Å². The van der Waals surface area contributed by atoms with Crippen molar-refractivity contribution in [3.8, 4) is 0 Å². The van der Waals surface area contributed by atoms with Crippen LogP contribution in [0.2, 0.25) is 0 Å². The minimum absolute atomic E-state index is 0.0887. The first-order chi connectivity index (χ1) is 9.92. The maximum absolute atomic E-state index is 13.5. The third kappa shape index (κ3) is 3.56. The molecule has 1 saturated carbocycles. The van der Waals surface area contributed by atoms with E-state index in [1.165, 1.54) is 0 Å². The van der Waals surface area contributed by atoms with Gasteiger partial charge in [0.25, 0.3) is 0 Å². The van der Waals surface area contributed by atoms with Crippen molar-refractivity contribution in [3.05, 3.63) is 35.1 Å². The Balaban J connectivity index is 1.96. The van der Waals surface area contributed by atoms with Crippen molar-refractivity contribution in [3.63, 3.8) is 0 Å². The second-order valence-corrected chi connectivity index (χ2v) is 5.48. The molecule has 0 heterocycles. The number of amides is 1. The molecule has 2 N–H and O–H groups in total. The minimum Gasteiger partial charge on any atom is -0.393 e. The molecule has 1 aromatic carbocycles. The van der Waals surface area contributed by atoms with Crippen LogP contribution in [-0.2, 0) is 11.2 Å². The largest absolute Gasteiger partial charge is 0.393 e. The number of hydrogen-bond acceptors (Lipinski definition) is 2. The highest BCUT2D eigenvalue weighted by Crippen LogP contribution is 2.31. The lowest BCUT2D eigenvalue weighted by atomic mass is 9.76. The fraction of sp³-hybridized carbons (Fsp3) is 0.533. The standard InChI is InChI=1S/C15H18F3NO2/c1-2-12(9-5-10(20)6-9)19-13(21)7-8-3-4-11(16)15(18)14(8)17/h3-4,9-10,12,20H,2,5-7H2,1H3,(H,19,21)/t9?,10?,12-/m1/s1. The maximum Gasteiger partial charge on any atom is 0.224 e. The topological polar surface area (TPSA) is 49.3 Å². The Kier molecular flexibility index (Phi) is 4.88. The van der Waals surface area contributed by atoms with Gasteiger partial charge in [-0.05, 0) is 31.2 Å². The molecule has 0 saturated heterocycles. The second kappa shape index (κ2) is 6.47. The molecule has 0 spiro atoms. The van der Waals surface area contributed by atoms with Gasteiger partial charge in [0, 0.05) is 11.6 Å². The van der Waals surface area contributed by atoms with Crippen molar-refractivity contribution < 1.29 is 23.1 Å². The molecule has 0 aliphatic heterocycles.